The van der Waals surface area contributed by atoms with E-state index in [1.54, 1.807) is 30.2 Å². The van der Waals surface area contributed by atoms with Gasteiger partial charge in [0.05, 0.1) is 24.6 Å². The molecule has 3 rings (SSSR count). The number of rotatable bonds is 7. The van der Waals surface area contributed by atoms with Crippen molar-refractivity contribution in [1.29, 1.82) is 0 Å². The summed E-state index contributed by atoms with van der Waals surface area (Å²) < 4.78 is 12.2. The number of methoxy groups -OCH3 is 1. The summed E-state index contributed by atoms with van der Waals surface area (Å²) in [5.41, 5.74) is 1.87. The molecular weight excluding hydrogens is 318 g/mol. The minimum atomic E-state index is -0.196. The van der Waals surface area contributed by atoms with Crippen LogP contribution in [0.25, 0.3) is 17.1 Å². The largest absolute Gasteiger partial charge is 0.463 e. The lowest BCUT2D eigenvalue weighted by Gasteiger charge is -2.16. The first kappa shape index (κ1) is 17.0. The second-order valence-electron chi connectivity index (χ2n) is 5.67. The van der Waals surface area contributed by atoms with Crippen LogP contribution in [0.4, 0.5) is 0 Å². The molecule has 3 aromatic rings. The van der Waals surface area contributed by atoms with Crippen molar-refractivity contribution in [3.05, 3.63) is 60.5 Å². The molecule has 6 nitrogen and oxygen atoms in total. The van der Waals surface area contributed by atoms with Gasteiger partial charge in [-0.1, -0.05) is 25.1 Å². The monoisotopic (exact) mass is 339 g/mol. The van der Waals surface area contributed by atoms with E-state index in [9.17, 15) is 4.79 Å². The van der Waals surface area contributed by atoms with E-state index in [4.69, 9.17) is 9.15 Å². The SMILES string of the molecule is CCC(COC)NC(=O)c1cc(-c2ccco2)nn1-c1ccccc1. The summed E-state index contributed by atoms with van der Waals surface area (Å²) in [5, 5.41) is 7.55. The standard InChI is InChI=1S/C19H21N3O3/c1-3-14(13-24-2)20-19(23)17-12-16(18-10-7-11-25-18)21-22(17)15-8-5-4-6-9-15/h4-12,14H,3,13H2,1-2H3,(H,20,23). The first-order valence-corrected chi connectivity index (χ1v) is 8.22. The van der Waals surface area contributed by atoms with Gasteiger partial charge in [-0.3, -0.25) is 4.79 Å². The number of aromatic nitrogens is 2. The highest BCUT2D eigenvalue weighted by molar-refractivity contribution is 5.94. The number of hydrogen-bond acceptors (Lipinski definition) is 4. The number of amides is 1. The molecule has 25 heavy (non-hydrogen) atoms. The van der Waals surface area contributed by atoms with Gasteiger partial charge in [-0.25, -0.2) is 4.68 Å². The fourth-order valence-corrected chi connectivity index (χ4v) is 2.58. The Balaban J connectivity index is 1.97. The van der Waals surface area contributed by atoms with Crippen molar-refractivity contribution < 1.29 is 13.9 Å². The molecule has 0 spiro atoms. The summed E-state index contributed by atoms with van der Waals surface area (Å²) in [5.74, 6) is 0.422. The molecule has 0 aliphatic heterocycles. The maximum Gasteiger partial charge on any atom is 0.270 e. The molecule has 0 aliphatic carbocycles. The Morgan fingerprint density at radius 3 is 2.72 bits per heavy atom. The third-order valence-electron chi connectivity index (χ3n) is 3.91. The normalized spacial score (nSPS) is 12.1. The molecule has 0 fully saturated rings. The quantitative estimate of drug-likeness (QED) is 0.717. The summed E-state index contributed by atoms with van der Waals surface area (Å²) in [6, 6.07) is 14.8. The van der Waals surface area contributed by atoms with E-state index in [1.165, 1.54) is 0 Å². The smallest absolute Gasteiger partial charge is 0.270 e. The number of carbonyl (C=O) groups excluding carboxylic acids is 1. The zero-order chi connectivity index (χ0) is 17.6. The summed E-state index contributed by atoms with van der Waals surface area (Å²) >= 11 is 0. The molecule has 130 valence electrons. The number of carbonyl (C=O) groups is 1. The molecule has 1 aromatic carbocycles. The number of para-hydroxylation sites is 1. The van der Waals surface area contributed by atoms with Crippen molar-refractivity contribution in [3.8, 4) is 17.1 Å². The van der Waals surface area contributed by atoms with Crippen molar-refractivity contribution in [2.75, 3.05) is 13.7 Å². The van der Waals surface area contributed by atoms with E-state index < -0.39 is 0 Å². The number of ether oxygens (including phenoxy) is 1. The predicted octanol–water partition coefficient (Wildman–Crippen LogP) is 3.29. The van der Waals surface area contributed by atoms with Gasteiger partial charge >= 0.3 is 0 Å². The molecule has 1 unspecified atom stereocenters. The van der Waals surface area contributed by atoms with Gasteiger partial charge < -0.3 is 14.5 Å². The Morgan fingerprint density at radius 1 is 1.28 bits per heavy atom. The first-order chi connectivity index (χ1) is 12.2. The van der Waals surface area contributed by atoms with Crippen LogP contribution in [0.3, 0.4) is 0 Å². The lowest BCUT2D eigenvalue weighted by atomic mass is 10.2. The number of furan rings is 1. The third kappa shape index (κ3) is 3.80. The van der Waals surface area contributed by atoms with Crippen LogP contribution >= 0.6 is 0 Å². The lowest BCUT2D eigenvalue weighted by Crippen LogP contribution is -2.38. The highest BCUT2D eigenvalue weighted by Crippen LogP contribution is 2.22. The van der Waals surface area contributed by atoms with Gasteiger partial charge in [0.15, 0.2) is 5.76 Å². The van der Waals surface area contributed by atoms with E-state index in [1.807, 2.05) is 43.3 Å². The van der Waals surface area contributed by atoms with E-state index in [0.717, 1.165) is 12.1 Å². The first-order valence-electron chi connectivity index (χ1n) is 8.22. The zero-order valence-corrected chi connectivity index (χ0v) is 14.3. The molecule has 1 atom stereocenters. The maximum atomic E-state index is 12.8. The molecule has 0 saturated carbocycles. The third-order valence-corrected chi connectivity index (χ3v) is 3.91. The number of hydrogen-bond donors (Lipinski definition) is 1. The van der Waals surface area contributed by atoms with E-state index in [2.05, 4.69) is 10.4 Å². The number of benzene rings is 1. The van der Waals surface area contributed by atoms with Gasteiger partial charge in [0, 0.05) is 13.2 Å². The molecule has 1 N–H and O–H groups in total. The summed E-state index contributed by atoms with van der Waals surface area (Å²) in [4.78, 5) is 12.8. The molecule has 0 saturated heterocycles. The molecule has 2 heterocycles. The molecular formula is C19H21N3O3. The Morgan fingerprint density at radius 2 is 2.08 bits per heavy atom. The van der Waals surface area contributed by atoms with Crippen molar-refractivity contribution >= 4 is 5.91 Å². The summed E-state index contributed by atoms with van der Waals surface area (Å²) in [6.07, 6.45) is 2.37. The van der Waals surface area contributed by atoms with Gasteiger partial charge in [0.25, 0.3) is 5.91 Å². The van der Waals surface area contributed by atoms with Crippen molar-refractivity contribution in [1.82, 2.24) is 15.1 Å². The van der Waals surface area contributed by atoms with Gasteiger partial charge in [0.2, 0.25) is 0 Å². The van der Waals surface area contributed by atoms with E-state index in [0.29, 0.717) is 23.8 Å². The minimum absolute atomic E-state index is 0.0521. The van der Waals surface area contributed by atoms with Crippen LogP contribution in [-0.2, 0) is 4.74 Å². The molecule has 0 radical (unpaired) electrons. The maximum absolute atomic E-state index is 12.8. The average molecular weight is 339 g/mol. The molecule has 0 aliphatic rings. The number of nitrogens with zero attached hydrogens (tertiary/aromatic N) is 2. The summed E-state index contributed by atoms with van der Waals surface area (Å²) in [6.45, 7) is 2.47. The predicted molar refractivity (Wildman–Crippen MR) is 94.7 cm³/mol. The van der Waals surface area contributed by atoms with Crippen molar-refractivity contribution in [3.63, 3.8) is 0 Å². The Kier molecular flexibility index (Phi) is 5.30. The molecule has 0 bridgehead atoms. The van der Waals surface area contributed by atoms with Crippen LogP contribution < -0.4 is 5.32 Å². The topological polar surface area (TPSA) is 69.3 Å². The van der Waals surface area contributed by atoms with Gasteiger partial charge in [-0.2, -0.15) is 5.10 Å². The average Bonchev–Trinajstić information content (AvgIpc) is 3.31. The van der Waals surface area contributed by atoms with E-state index >= 15 is 0 Å². The van der Waals surface area contributed by atoms with Crippen LogP contribution in [-0.4, -0.2) is 35.4 Å². The van der Waals surface area contributed by atoms with Gasteiger partial charge in [-0.15, -0.1) is 0 Å². The van der Waals surface area contributed by atoms with Crippen LogP contribution in [0, 0.1) is 0 Å². The number of nitrogens with one attached hydrogen (secondary N) is 1. The Bertz CT molecular complexity index is 810. The molecule has 1 amide bonds. The van der Waals surface area contributed by atoms with Crippen LogP contribution in [0.15, 0.2) is 59.2 Å². The Labute approximate surface area is 146 Å². The van der Waals surface area contributed by atoms with Crippen LogP contribution in [0.1, 0.15) is 23.8 Å². The van der Waals surface area contributed by atoms with Gasteiger partial charge in [0.1, 0.15) is 11.4 Å². The fourth-order valence-electron chi connectivity index (χ4n) is 2.58. The summed E-state index contributed by atoms with van der Waals surface area (Å²) in [7, 11) is 1.62. The van der Waals surface area contributed by atoms with Crippen molar-refractivity contribution in [2.45, 2.75) is 19.4 Å². The highest BCUT2D eigenvalue weighted by atomic mass is 16.5. The fraction of sp³-hybridized carbons (Fsp3) is 0.263. The van der Waals surface area contributed by atoms with Crippen LogP contribution in [0.2, 0.25) is 0 Å². The van der Waals surface area contributed by atoms with E-state index in [-0.39, 0.29) is 11.9 Å². The second kappa shape index (κ2) is 7.81. The molecule has 6 heteroatoms. The zero-order valence-electron chi connectivity index (χ0n) is 14.3. The van der Waals surface area contributed by atoms with Crippen molar-refractivity contribution in [2.24, 2.45) is 0 Å². The minimum Gasteiger partial charge on any atom is -0.463 e. The van der Waals surface area contributed by atoms with Crippen LogP contribution in [0.5, 0.6) is 0 Å². The lowest BCUT2D eigenvalue weighted by molar-refractivity contribution is 0.0887. The van der Waals surface area contributed by atoms with Gasteiger partial charge in [-0.05, 0) is 30.7 Å². The highest BCUT2D eigenvalue weighted by Gasteiger charge is 2.20. The second-order valence-corrected chi connectivity index (χ2v) is 5.67. The molecule has 2 aromatic heterocycles. The Hall–Kier alpha value is -2.86.